The van der Waals surface area contributed by atoms with Gasteiger partial charge in [0.25, 0.3) is 0 Å². The fraction of sp³-hybridized carbons (Fsp3) is 0.231. The van der Waals surface area contributed by atoms with E-state index in [0.717, 1.165) is 15.7 Å². The highest BCUT2D eigenvalue weighted by Crippen LogP contribution is 2.23. The maximum Gasteiger partial charge on any atom is 0.0992 e. The van der Waals surface area contributed by atoms with Gasteiger partial charge in [0, 0.05) is 28.5 Å². The van der Waals surface area contributed by atoms with Crippen LogP contribution >= 0.6 is 15.9 Å². The molecule has 0 aliphatic heterocycles. The van der Waals surface area contributed by atoms with Crippen LogP contribution in [0, 0.1) is 11.3 Å². The molecule has 0 unspecified atom stereocenters. The number of halogens is 1. The lowest BCUT2D eigenvalue weighted by Gasteiger charge is -2.07. The summed E-state index contributed by atoms with van der Waals surface area (Å²) in [5.74, 6) is 0. The molecule has 0 aliphatic carbocycles. The molecule has 2 N–H and O–H groups in total. The van der Waals surface area contributed by atoms with E-state index in [0.29, 0.717) is 18.7 Å². The van der Waals surface area contributed by atoms with Crippen molar-refractivity contribution in [2.45, 2.75) is 13.1 Å². The van der Waals surface area contributed by atoms with Crippen molar-refractivity contribution in [2.24, 2.45) is 0 Å². The van der Waals surface area contributed by atoms with E-state index in [9.17, 15) is 0 Å². The van der Waals surface area contributed by atoms with Crippen LogP contribution in [0.15, 0.2) is 35.1 Å². The number of anilines is 1. The lowest BCUT2D eigenvalue weighted by atomic mass is 10.2. The zero-order valence-electron chi connectivity index (χ0n) is 10.2. The molecule has 1 heterocycles. The summed E-state index contributed by atoms with van der Waals surface area (Å²) in [7, 11) is 0. The first-order chi connectivity index (χ1) is 9.22. The van der Waals surface area contributed by atoms with Crippen LogP contribution in [-0.4, -0.2) is 21.5 Å². The molecule has 0 aliphatic rings. The Kier molecular flexibility index (Phi) is 4.55. The molecule has 1 aromatic carbocycles. The maximum atomic E-state index is 8.81. The van der Waals surface area contributed by atoms with Crippen LogP contribution in [-0.2, 0) is 13.1 Å². The van der Waals surface area contributed by atoms with Crippen LogP contribution in [0.4, 0.5) is 5.69 Å². The molecular formula is C13H13BrN4O. The highest BCUT2D eigenvalue weighted by atomic mass is 79.9. The van der Waals surface area contributed by atoms with Gasteiger partial charge in [-0.3, -0.25) is 4.68 Å². The molecule has 5 nitrogen and oxygen atoms in total. The van der Waals surface area contributed by atoms with E-state index in [4.69, 9.17) is 10.4 Å². The smallest absolute Gasteiger partial charge is 0.0992 e. The summed E-state index contributed by atoms with van der Waals surface area (Å²) < 4.78 is 2.56. The fourth-order valence-electron chi connectivity index (χ4n) is 1.65. The van der Waals surface area contributed by atoms with E-state index in [1.807, 2.05) is 12.3 Å². The number of benzene rings is 1. The number of rotatable bonds is 5. The first kappa shape index (κ1) is 13.6. The molecule has 1 aromatic heterocycles. The number of nitrogens with zero attached hydrogens (tertiary/aromatic N) is 3. The Balaban J connectivity index is 2.00. The predicted molar refractivity (Wildman–Crippen MR) is 75.5 cm³/mol. The first-order valence-corrected chi connectivity index (χ1v) is 6.58. The number of aromatic nitrogens is 2. The Morgan fingerprint density at radius 1 is 1.47 bits per heavy atom. The summed E-state index contributed by atoms with van der Waals surface area (Å²) >= 11 is 3.42. The van der Waals surface area contributed by atoms with Gasteiger partial charge in [0.2, 0.25) is 0 Å². The van der Waals surface area contributed by atoms with Crippen molar-refractivity contribution >= 4 is 21.6 Å². The molecule has 0 saturated heterocycles. The molecule has 19 heavy (non-hydrogen) atoms. The van der Waals surface area contributed by atoms with Gasteiger partial charge in [-0.15, -0.1) is 0 Å². The Hall–Kier alpha value is -1.84. The highest BCUT2D eigenvalue weighted by molar-refractivity contribution is 9.10. The topological polar surface area (TPSA) is 73.9 Å². The fourth-order valence-corrected chi connectivity index (χ4v) is 2.17. The molecular weight excluding hydrogens is 308 g/mol. The number of aliphatic hydroxyl groups excluding tert-OH is 1. The lowest BCUT2D eigenvalue weighted by molar-refractivity contribution is 0.269. The second kappa shape index (κ2) is 6.36. The van der Waals surface area contributed by atoms with Crippen molar-refractivity contribution < 1.29 is 5.11 Å². The molecule has 0 bridgehead atoms. The van der Waals surface area contributed by atoms with Gasteiger partial charge in [0.05, 0.1) is 31.0 Å². The highest BCUT2D eigenvalue weighted by Gasteiger charge is 2.03. The summed E-state index contributed by atoms with van der Waals surface area (Å²) in [6.45, 7) is 1.21. The molecule has 0 saturated carbocycles. The Bertz CT molecular complexity index is 603. The van der Waals surface area contributed by atoms with Crippen molar-refractivity contribution in [3.8, 4) is 6.07 Å². The van der Waals surface area contributed by atoms with Gasteiger partial charge < -0.3 is 10.4 Å². The van der Waals surface area contributed by atoms with E-state index in [2.05, 4.69) is 32.4 Å². The van der Waals surface area contributed by atoms with Crippen molar-refractivity contribution in [1.29, 1.82) is 5.26 Å². The van der Waals surface area contributed by atoms with Crippen LogP contribution < -0.4 is 5.32 Å². The number of hydrogen-bond acceptors (Lipinski definition) is 4. The second-order valence-corrected chi connectivity index (χ2v) is 4.85. The SMILES string of the molecule is N#Cc1ccc(NCc2cnn(CCO)c2)c(Br)c1. The Morgan fingerprint density at radius 3 is 3.00 bits per heavy atom. The Morgan fingerprint density at radius 2 is 2.32 bits per heavy atom. The van der Waals surface area contributed by atoms with Gasteiger partial charge in [-0.25, -0.2) is 0 Å². The van der Waals surface area contributed by atoms with E-state index in [-0.39, 0.29) is 6.61 Å². The number of nitriles is 1. The molecule has 0 spiro atoms. The van der Waals surface area contributed by atoms with Crippen molar-refractivity contribution in [2.75, 3.05) is 11.9 Å². The molecule has 98 valence electrons. The molecule has 6 heteroatoms. The zero-order valence-corrected chi connectivity index (χ0v) is 11.8. The van der Waals surface area contributed by atoms with Gasteiger partial charge in [0.15, 0.2) is 0 Å². The van der Waals surface area contributed by atoms with Crippen LogP contribution in [0.1, 0.15) is 11.1 Å². The number of hydrogen-bond donors (Lipinski definition) is 2. The van der Waals surface area contributed by atoms with Gasteiger partial charge in [-0.05, 0) is 34.1 Å². The monoisotopic (exact) mass is 320 g/mol. The van der Waals surface area contributed by atoms with Crippen molar-refractivity contribution in [3.05, 3.63) is 46.2 Å². The molecule has 0 amide bonds. The summed E-state index contributed by atoms with van der Waals surface area (Å²) in [5, 5.41) is 25.0. The van der Waals surface area contributed by atoms with Gasteiger partial charge in [-0.2, -0.15) is 10.4 Å². The third-order valence-corrected chi connectivity index (χ3v) is 3.25. The molecule has 0 fully saturated rings. The largest absolute Gasteiger partial charge is 0.394 e. The van der Waals surface area contributed by atoms with Crippen LogP contribution in [0.2, 0.25) is 0 Å². The van der Waals surface area contributed by atoms with Crippen molar-refractivity contribution in [3.63, 3.8) is 0 Å². The average Bonchev–Trinajstić information content (AvgIpc) is 2.85. The third-order valence-electron chi connectivity index (χ3n) is 2.60. The van der Waals surface area contributed by atoms with Crippen LogP contribution in [0.5, 0.6) is 0 Å². The number of aliphatic hydroxyl groups is 1. The van der Waals surface area contributed by atoms with E-state index < -0.39 is 0 Å². The molecule has 2 aromatic rings. The van der Waals surface area contributed by atoms with Gasteiger partial charge in [-0.1, -0.05) is 0 Å². The normalized spacial score (nSPS) is 10.2. The zero-order chi connectivity index (χ0) is 13.7. The van der Waals surface area contributed by atoms with Crippen molar-refractivity contribution in [1.82, 2.24) is 9.78 Å². The van der Waals surface area contributed by atoms with Crippen LogP contribution in [0.3, 0.4) is 0 Å². The van der Waals surface area contributed by atoms with E-state index >= 15 is 0 Å². The minimum Gasteiger partial charge on any atom is -0.394 e. The molecule has 2 rings (SSSR count). The predicted octanol–water partition coefficient (Wildman–Crippen LogP) is 2.12. The summed E-state index contributed by atoms with van der Waals surface area (Å²) in [6, 6.07) is 7.49. The molecule has 0 atom stereocenters. The third kappa shape index (κ3) is 3.56. The standard InChI is InChI=1S/C13H13BrN4O/c14-12-5-10(6-15)1-2-13(12)16-7-11-8-17-18(9-11)3-4-19/h1-2,5,8-9,16,19H,3-4,7H2. The summed E-state index contributed by atoms with van der Waals surface area (Å²) in [5.41, 5.74) is 2.58. The van der Waals surface area contributed by atoms with Crippen LogP contribution in [0.25, 0.3) is 0 Å². The summed E-state index contributed by atoms with van der Waals surface area (Å²) in [6.07, 6.45) is 3.65. The quantitative estimate of drug-likeness (QED) is 0.885. The first-order valence-electron chi connectivity index (χ1n) is 5.78. The second-order valence-electron chi connectivity index (χ2n) is 4.00. The maximum absolute atomic E-state index is 8.81. The summed E-state index contributed by atoms with van der Waals surface area (Å²) in [4.78, 5) is 0. The molecule has 0 radical (unpaired) electrons. The number of nitrogens with one attached hydrogen (secondary N) is 1. The Labute approximate surface area is 119 Å². The van der Waals surface area contributed by atoms with E-state index in [1.54, 1.807) is 23.0 Å². The average molecular weight is 321 g/mol. The lowest BCUT2D eigenvalue weighted by Crippen LogP contribution is -2.02. The minimum absolute atomic E-state index is 0.0791. The van der Waals surface area contributed by atoms with Gasteiger partial charge in [0.1, 0.15) is 0 Å². The minimum atomic E-state index is 0.0791. The van der Waals surface area contributed by atoms with E-state index in [1.165, 1.54) is 0 Å². The van der Waals surface area contributed by atoms with Gasteiger partial charge >= 0.3 is 0 Å².